The molecule has 110 valence electrons. The number of hydrogen-bond donors (Lipinski definition) is 1. The lowest BCUT2D eigenvalue weighted by molar-refractivity contribution is 0.0993. The van der Waals surface area contributed by atoms with Crippen molar-refractivity contribution in [2.24, 2.45) is 5.92 Å². The predicted octanol–water partition coefficient (Wildman–Crippen LogP) is 4.28. The molecule has 0 amide bonds. The molecule has 0 aliphatic heterocycles. The van der Waals surface area contributed by atoms with Gasteiger partial charge in [-0.25, -0.2) is 4.39 Å². The summed E-state index contributed by atoms with van der Waals surface area (Å²) >= 11 is 0. The van der Waals surface area contributed by atoms with Gasteiger partial charge >= 0.3 is 0 Å². The number of fused-ring (bicyclic) bond motifs is 1. The average molecular weight is 284 g/mol. The summed E-state index contributed by atoms with van der Waals surface area (Å²) in [5, 5.41) is 10.7. The van der Waals surface area contributed by atoms with Gasteiger partial charge in [-0.05, 0) is 66.8 Å². The Morgan fingerprint density at radius 3 is 2.38 bits per heavy atom. The van der Waals surface area contributed by atoms with Gasteiger partial charge in [0, 0.05) is 0 Å². The molecule has 0 saturated heterocycles. The van der Waals surface area contributed by atoms with Gasteiger partial charge in [0.25, 0.3) is 0 Å². The summed E-state index contributed by atoms with van der Waals surface area (Å²) in [7, 11) is 0. The number of hydrogen-bond acceptors (Lipinski definition) is 1. The van der Waals surface area contributed by atoms with Crippen LogP contribution in [-0.2, 0) is 12.8 Å². The molecule has 0 saturated carbocycles. The smallest absolute Gasteiger partial charge is 0.129 e. The normalized spacial score (nSPS) is 19.1. The molecule has 0 radical (unpaired) electrons. The first-order valence-electron chi connectivity index (χ1n) is 7.57. The molecule has 1 N–H and O–H groups in total. The molecule has 2 unspecified atom stereocenters. The van der Waals surface area contributed by atoms with Crippen LogP contribution in [0.2, 0.25) is 0 Å². The number of benzene rings is 2. The van der Waals surface area contributed by atoms with E-state index in [9.17, 15) is 9.50 Å². The molecule has 2 heteroatoms. The highest BCUT2D eigenvalue weighted by molar-refractivity contribution is 5.34. The van der Waals surface area contributed by atoms with Crippen molar-refractivity contribution in [3.63, 3.8) is 0 Å². The van der Waals surface area contributed by atoms with Gasteiger partial charge < -0.3 is 5.11 Å². The van der Waals surface area contributed by atoms with E-state index in [1.165, 1.54) is 11.1 Å². The molecule has 1 nitrogen and oxygen atoms in total. The summed E-state index contributed by atoms with van der Waals surface area (Å²) in [6.07, 6.45) is 2.37. The number of aryl methyl sites for hydroxylation is 3. The lowest BCUT2D eigenvalue weighted by atomic mass is 9.79. The van der Waals surface area contributed by atoms with Gasteiger partial charge in [-0.3, -0.25) is 0 Å². The first kappa shape index (κ1) is 14.3. The van der Waals surface area contributed by atoms with Crippen LogP contribution in [0.5, 0.6) is 0 Å². The molecule has 0 bridgehead atoms. The van der Waals surface area contributed by atoms with Crippen LogP contribution in [0.1, 0.15) is 40.3 Å². The third-order valence-electron chi connectivity index (χ3n) is 4.63. The summed E-state index contributed by atoms with van der Waals surface area (Å²) < 4.78 is 13.7. The second-order valence-corrected chi connectivity index (χ2v) is 6.19. The van der Waals surface area contributed by atoms with Gasteiger partial charge in [-0.1, -0.05) is 36.4 Å². The van der Waals surface area contributed by atoms with Crippen molar-refractivity contribution in [2.45, 2.75) is 39.2 Å². The van der Waals surface area contributed by atoms with Gasteiger partial charge in [0.1, 0.15) is 5.82 Å². The van der Waals surface area contributed by atoms with Crippen LogP contribution in [0.3, 0.4) is 0 Å². The molecule has 2 aromatic rings. The highest BCUT2D eigenvalue weighted by Crippen LogP contribution is 2.35. The maximum atomic E-state index is 13.7. The van der Waals surface area contributed by atoms with E-state index in [-0.39, 0.29) is 11.7 Å². The third-order valence-corrected chi connectivity index (χ3v) is 4.63. The Hall–Kier alpha value is -1.67. The van der Waals surface area contributed by atoms with E-state index >= 15 is 0 Å². The molecule has 21 heavy (non-hydrogen) atoms. The lowest BCUT2D eigenvalue weighted by Crippen LogP contribution is -2.21. The Morgan fingerprint density at radius 2 is 1.71 bits per heavy atom. The van der Waals surface area contributed by atoms with Gasteiger partial charge in [0.05, 0.1) is 6.10 Å². The van der Waals surface area contributed by atoms with Gasteiger partial charge in [0.2, 0.25) is 0 Å². The Morgan fingerprint density at radius 1 is 1.10 bits per heavy atom. The zero-order valence-corrected chi connectivity index (χ0v) is 12.6. The summed E-state index contributed by atoms with van der Waals surface area (Å²) in [4.78, 5) is 0. The Labute approximate surface area is 125 Å². The summed E-state index contributed by atoms with van der Waals surface area (Å²) in [5.74, 6) is 0.0455. The van der Waals surface area contributed by atoms with Crippen LogP contribution in [-0.4, -0.2) is 5.11 Å². The zero-order valence-electron chi connectivity index (χ0n) is 12.6. The number of rotatable bonds is 2. The van der Waals surface area contributed by atoms with Crippen molar-refractivity contribution in [2.75, 3.05) is 0 Å². The first-order valence-corrected chi connectivity index (χ1v) is 7.57. The quantitative estimate of drug-likeness (QED) is 0.872. The van der Waals surface area contributed by atoms with Crippen molar-refractivity contribution in [1.29, 1.82) is 0 Å². The van der Waals surface area contributed by atoms with Gasteiger partial charge in [0.15, 0.2) is 0 Å². The van der Waals surface area contributed by atoms with Crippen LogP contribution < -0.4 is 0 Å². The van der Waals surface area contributed by atoms with E-state index in [1.54, 1.807) is 26.0 Å². The highest BCUT2D eigenvalue weighted by atomic mass is 19.1. The third kappa shape index (κ3) is 2.73. The minimum absolute atomic E-state index is 0.167. The second-order valence-electron chi connectivity index (χ2n) is 6.19. The second kappa shape index (κ2) is 5.61. The van der Waals surface area contributed by atoms with Gasteiger partial charge in [-0.15, -0.1) is 0 Å². The fourth-order valence-electron chi connectivity index (χ4n) is 3.42. The highest BCUT2D eigenvalue weighted by Gasteiger charge is 2.26. The van der Waals surface area contributed by atoms with E-state index in [1.807, 2.05) is 0 Å². The van der Waals surface area contributed by atoms with Crippen molar-refractivity contribution in [3.05, 3.63) is 70.0 Å². The predicted molar refractivity (Wildman–Crippen MR) is 82.8 cm³/mol. The van der Waals surface area contributed by atoms with E-state index in [0.29, 0.717) is 11.1 Å². The minimum Gasteiger partial charge on any atom is -0.388 e. The van der Waals surface area contributed by atoms with E-state index in [0.717, 1.165) is 24.8 Å². The molecule has 0 aromatic heterocycles. The largest absolute Gasteiger partial charge is 0.388 e. The maximum absolute atomic E-state index is 13.7. The van der Waals surface area contributed by atoms with Crippen molar-refractivity contribution in [3.8, 4) is 0 Å². The maximum Gasteiger partial charge on any atom is 0.129 e. The van der Waals surface area contributed by atoms with Crippen molar-refractivity contribution >= 4 is 0 Å². The molecule has 1 aliphatic rings. The molecule has 0 heterocycles. The topological polar surface area (TPSA) is 20.2 Å². The van der Waals surface area contributed by atoms with Gasteiger partial charge in [-0.2, -0.15) is 0 Å². The molecule has 1 aliphatic carbocycles. The molecular formula is C19H21FO. The SMILES string of the molecule is Cc1cc(C(O)C2CCc3ccccc3C2)cc(C)c1F. The fourth-order valence-corrected chi connectivity index (χ4v) is 3.42. The zero-order chi connectivity index (χ0) is 15.0. The molecule has 2 atom stereocenters. The van der Waals surface area contributed by atoms with Crippen LogP contribution in [0.4, 0.5) is 4.39 Å². The van der Waals surface area contributed by atoms with Crippen molar-refractivity contribution < 1.29 is 9.50 Å². The van der Waals surface area contributed by atoms with Crippen LogP contribution >= 0.6 is 0 Å². The van der Waals surface area contributed by atoms with Crippen LogP contribution in [0, 0.1) is 25.6 Å². The van der Waals surface area contributed by atoms with E-state index < -0.39 is 6.10 Å². The fraction of sp³-hybridized carbons (Fsp3) is 0.368. The Kier molecular flexibility index (Phi) is 3.81. The summed E-state index contributed by atoms with van der Waals surface area (Å²) in [6.45, 7) is 3.52. The standard InChI is InChI=1S/C19H21FO/c1-12-9-17(10-13(2)18(12)20)19(21)16-8-7-14-5-3-4-6-15(14)11-16/h3-6,9-10,16,19,21H,7-8,11H2,1-2H3. The Bertz CT molecular complexity index is 639. The average Bonchev–Trinajstić information content (AvgIpc) is 2.51. The monoisotopic (exact) mass is 284 g/mol. The first-order chi connectivity index (χ1) is 10.1. The number of aliphatic hydroxyl groups excluding tert-OH is 1. The summed E-state index contributed by atoms with van der Waals surface area (Å²) in [5.41, 5.74) is 4.80. The molecular weight excluding hydrogens is 263 g/mol. The van der Waals surface area contributed by atoms with E-state index in [2.05, 4.69) is 24.3 Å². The molecule has 0 fully saturated rings. The van der Waals surface area contributed by atoms with Crippen molar-refractivity contribution in [1.82, 2.24) is 0 Å². The molecule has 0 spiro atoms. The number of aliphatic hydroxyl groups is 1. The van der Waals surface area contributed by atoms with Crippen LogP contribution in [0.15, 0.2) is 36.4 Å². The minimum atomic E-state index is -0.517. The summed E-state index contributed by atoms with van der Waals surface area (Å²) in [6, 6.07) is 12.0. The molecule has 3 rings (SSSR count). The van der Waals surface area contributed by atoms with E-state index in [4.69, 9.17) is 0 Å². The Balaban J connectivity index is 1.85. The molecule has 2 aromatic carbocycles. The van der Waals surface area contributed by atoms with Crippen LogP contribution in [0.25, 0.3) is 0 Å². The number of halogens is 1. The lowest BCUT2D eigenvalue weighted by Gasteiger charge is -2.29.